The van der Waals surface area contributed by atoms with Crippen molar-refractivity contribution in [2.75, 3.05) is 6.61 Å². The van der Waals surface area contributed by atoms with Crippen LogP contribution in [0.5, 0.6) is 0 Å². The highest BCUT2D eigenvalue weighted by molar-refractivity contribution is 5.82. The molecule has 0 saturated heterocycles. The number of rotatable bonds is 5. The SMILES string of the molecule is C[C@H](NC(=O)COC(=O)C1CCCC1)c1cc2ccccc2o1. The van der Waals surface area contributed by atoms with Crippen LogP contribution in [-0.4, -0.2) is 18.5 Å². The predicted molar refractivity (Wildman–Crippen MR) is 85.7 cm³/mol. The van der Waals surface area contributed by atoms with E-state index >= 15 is 0 Å². The average Bonchev–Trinajstić information content (AvgIpc) is 3.21. The van der Waals surface area contributed by atoms with Crippen LogP contribution in [0.1, 0.15) is 44.4 Å². The first-order chi connectivity index (χ1) is 11.1. The Kier molecular flexibility index (Phi) is 4.65. The number of fused-ring (bicyclic) bond motifs is 1. The first-order valence-electron chi connectivity index (χ1n) is 8.08. The fourth-order valence-corrected chi connectivity index (χ4v) is 2.99. The molecule has 122 valence electrons. The summed E-state index contributed by atoms with van der Waals surface area (Å²) in [7, 11) is 0. The molecule has 0 radical (unpaired) electrons. The number of ether oxygens (including phenoxy) is 1. The summed E-state index contributed by atoms with van der Waals surface area (Å²) >= 11 is 0. The largest absolute Gasteiger partial charge is 0.459 e. The van der Waals surface area contributed by atoms with Crippen molar-refractivity contribution in [2.24, 2.45) is 5.92 Å². The van der Waals surface area contributed by atoms with Gasteiger partial charge < -0.3 is 14.5 Å². The summed E-state index contributed by atoms with van der Waals surface area (Å²) in [5.41, 5.74) is 0.788. The quantitative estimate of drug-likeness (QED) is 0.859. The Labute approximate surface area is 135 Å². The minimum absolute atomic E-state index is 0.0319. The number of furan rings is 1. The number of carbonyl (C=O) groups excluding carboxylic acids is 2. The second kappa shape index (κ2) is 6.86. The van der Waals surface area contributed by atoms with E-state index in [1.165, 1.54) is 0 Å². The first kappa shape index (κ1) is 15.6. The predicted octanol–water partition coefficient (Wildman–Crippen LogP) is 3.34. The molecule has 1 N–H and O–H groups in total. The molecule has 23 heavy (non-hydrogen) atoms. The van der Waals surface area contributed by atoms with Crippen LogP contribution >= 0.6 is 0 Å². The molecule has 1 aromatic carbocycles. The molecule has 0 spiro atoms. The Balaban J connectivity index is 1.51. The topological polar surface area (TPSA) is 68.5 Å². The molecule has 2 aromatic rings. The van der Waals surface area contributed by atoms with Crippen molar-refractivity contribution in [3.8, 4) is 0 Å². The number of para-hydroxylation sites is 1. The van der Waals surface area contributed by atoms with Gasteiger partial charge in [0.05, 0.1) is 12.0 Å². The molecule has 1 aliphatic carbocycles. The number of hydrogen-bond acceptors (Lipinski definition) is 4. The summed E-state index contributed by atoms with van der Waals surface area (Å²) in [5, 5.41) is 3.79. The molecule has 3 rings (SSSR count). The van der Waals surface area contributed by atoms with Crippen molar-refractivity contribution in [3.63, 3.8) is 0 Å². The third kappa shape index (κ3) is 3.73. The van der Waals surface area contributed by atoms with Gasteiger partial charge in [-0.25, -0.2) is 0 Å². The van der Waals surface area contributed by atoms with Crippen LogP contribution in [0.25, 0.3) is 11.0 Å². The Morgan fingerprint density at radius 1 is 1.30 bits per heavy atom. The smallest absolute Gasteiger partial charge is 0.309 e. The van der Waals surface area contributed by atoms with Gasteiger partial charge in [-0.15, -0.1) is 0 Å². The van der Waals surface area contributed by atoms with Gasteiger partial charge in [0.2, 0.25) is 0 Å². The number of amides is 1. The Morgan fingerprint density at radius 3 is 2.78 bits per heavy atom. The van der Waals surface area contributed by atoms with Gasteiger partial charge in [-0.2, -0.15) is 0 Å². The normalized spacial score (nSPS) is 16.4. The lowest BCUT2D eigenvalue weighted by atomic mass is 10.1. The van der Waals surface area contributed by atoms with Gasteiger partial charge in [0.1, 0.15) is 11.3 Å². The molecule has 1 fully saturated rings. The van der Waals surface area contributed by atoms with Crippen LogP contribution < -0.4 is 5.32 Å². The molecule has 5 nitrogen and oxygen atoms in total. The molecule has 1 amide bonds. The van der Waals surface area contributed by atoms with Gasteiger partial charge in [0.15, 0.2) is 6.61 Å². The lowest BCUT2D eigenvalue weighted by Crippen LogP contribution is -2.31. The maximum absolute atomic E-state index is 11.9. The number of carbonyl (C=O) groups is 2. The van der Waals surface area contributed by atoms with Gasteiger partial charge in [-0.3, -0.25) is 9.59 Å². The summed E-state index contributed by atoms with van der Waals surface area (Å²) in [6.07, 6.45) is 3.87. The summed E-state index contributed by atoms with van der Waals surface area (Å²) in [5.74, 6) is 0.0793. The van der Waals surface area contributed by atoms with Gasteiger partial charge >= 0.3 is 5.97 Å². The molecule has 1 heterocycles. The minimum Gasteiger partial charge on any atom is -0.459 e. The van der Waals surface area contributed by atoms with E-state index < -0.39 is 0 Å². The van der Waals surface area contributed by atoms with Crippen LogP contribution in [0.3, 0.4) is 0 Å². The van der Waals surface area contributed by atoms with E-state index in [0.717, 1.165) is 36.7 Å². The summed E-state index contributed by atoms with van der Waals surface area (Å²) in [4.78, 5) is 23.7. The summed E-state index contributed by atoms with van der Waals surface area (Å²) in [6, 6.07) is 9.32. The van der Waals surface area contributed by atoms with Gasteiger partial charge in [0, 0.05) is 5.39 Å². The molecule has 1 aromatic heterocycles. The molecule has 0 unspecified atom stereocenters. The zero-order valence-corrected chi connectivity index (χ0v) is 13.2. The van der Waals surface area contributed by atoms with E-state index in [0.29, 0.717) is 5.76 Å². The second-order valence-corrected chi connectivity index (χ2v) is 6.06. The van der Waals surface area contributed by atoms with Gasteiger partial charge in [-0.1, -0.05) is 31.0 Å². The van der Waals surface area contributed by atoms with Crippen LogP contribution in [-0.2, 0) is 14.3 Å². The fourth-order valence-electron chi connectivity index (χ4n) is 2.99. The molecular weight excluding hydrogens is 294 g/mol. The highest BCUT2D eigenvalue weighted by Crippen LogP contribution is 2.26. The van der Waals surface area contributed by atoms with Crippen molar-refractivity contribution >= 4 is 22.8 Å². The third-order valence-electron chi connectivity index (χ3n) is 4.28. The number of nitrogens with one attached hydrogen (secondary N) is 1. The number of benzene rings is 1. The van der Waals surface area contributed by atoms with Crippen LogP contribution in [0.15, 0.2) is 34.7 Å². The van der Waals surface area contributed by atoms with Crippen molar-refractivity contribution in [1.82, 2.24) is 5.32 Å². The van der Waals surface area contributed by atoms with E-state index in [4.69, 9.17) is 9.15 Å². The summed E-state index contributed by atoms with van der Waals surface area (Å²) in [6.45, 7) is 1.61. The number of hydrogen-bond donors (Lipinski definition) is 1. The van der Waals surface area contributed by atoms with Crippen molar-refractivity contribution in [3.05, 3.63) is 36.1 Å². The van der Waals surface area contributed by atoms with Crippen LogP contribution in [0.2, 0.25) is 0 Å². The molecule has 0 bridgehead atoms. The number of esters is 1. The maximum Gasteiger partial charge on any atom is 0.309 e. The minimum atomic E-state index is -0.315. The fraction of sp³-hybridized carbons (Fsp3) is 0.444. The van der Waals surface area contributed by atoms with E-state index in [1.807, 2.05) is 37.3 Å². The average molecular weight is 315 g/mol. The zero-order chi connectivity index (χ0) is 16.2. The molecule has 1 atom stereocenters. The Morgan fingerprint density at radius 2 is 2.04 bits per heavy atom. The van der Waals surface area contributed by atoms with E-state index in [-0.39, 0.29) is 30.4 Å². The van der Waals surface area contributed by atoms with Crippen molar-refractivity contribution in [2.45, 2.75) is 38.6 Å². The highest BCUT2D eigenvalue weighted by atomic mass is 16.5. The second-order valence-electron chi connectivity index (χ2n) is 6.06. The Hall–Kier alpha value is -2.30. The standard InChI is InChI=1S/C18H21NO4/c1-12(16-10-14-8-4-5-9-15(14)23-16)19-17(20)11-22-18(21)13-6-2-3-7-13/h4-5,8-10,12-13H,2-3,6-7,11H2,1H3,(H,19,20)/t12-/m0/s1. The van der Waals surface area contributed by atoms with E-state index in [9.17, 15) is 9.59 Å². The molecule has 5 heteroatoms. The van der Waals surface area contributed by atoms with Crippen molar-refractivity contribution in [1.29, 1.82) is 0 Å². The molecule has 1 saturated carbocycles. The van der Waals surface area contributed by atoms with Crippen LogP contribution in [0, 0.1) is 5.92 Å². The zero-order valence-electron chi connectivity index (χ0n) is 13.2. The van der Waals surface area contributed by atoms with Crippen molar-refractivity contribution < 1.29 is 18.7 Å². The summed E-state index contributed by atoms with van der Waals surface area (Å²) < 4.78 is 10.8. The molecular formula is C18H21NO4. The van der Waals surface area contributed by atoms with Gasteiger partial charge in [-0.05, 0) is 31.9 Å². The Bertz CT molecular complexity index is 667. The van der Waals surface area contributed by atoms with E-state index in [2.05, 4.69) is 5.32 Å². The van der Waals surface area contributed by atoms with E-state index in [1.54, 1.807) is 0 Å². The third-order valence-corrected chi connectivity index (χ3v) is 4.28. The van der Waals surface area contributed by atoms with Crippen LogP contribution in [0.4, 0.5) is 0 Å². The molecule has 0 aliphatic heterocycles. The van der Waals surface area contributed by atoms with Gasteiger partial charge in [0.25, 0.3) is 5.91 Å². The lowest BCUT2D eigenvalue weighted by Gasteiger charge is -2.13. The maximum atomic E-state index is 11.9. The first-order valence-corrected chi connectivity index (χ1v) is 8.08. The lowest BCUT2D eigenvalue weighted by molar-refractivity contribution is -0.152. The monoisotopic (exact) mass is 315 g/mol. The highest BCUT2D eigenvalue weighted by Gasteiger charge is 2.25. The molecule has 1 aliphatic rings.